The van der Waals surface area contributed by atoms with Gasteiger partial charge in [-0.2, -0.15) is 0 Å². The lowest BCUT2D eigenvalue weighted by Crippen LogP contribution is -2.39. The molecule has 0 aromatic carbocycles. The number of aryl methyl sites for hydroxylation is 1. The van der Waals surface area contributed by atoms with Crippen molar-refractivity contribution in [1.29, 1.82) is 0 Å². The van der Waals surface area contributed by atoms with Crippen molar-refractivity contribution in [3.05, 3.63) is 47.4 Å². The van der Waals surface area contributed by atoms with Crippen LogP contribution in [0.2, 0.25) is 0 Å². The maximum Gasteiger partial charge on any atom is 0.161 e. The van der Waals surface area contributed by atoms with E-state index in [4.69, 9.17) is 9.97 Å². The number of aromatic nitrogens is 6. The summed E-state index contributed by atoms with van der Waals surface area (Å²) >= 11 is 0. The van der Waals surface area contributed by atoms with Crippen molar-refractivity contribution >= 4 is 5.82 Å². The molecule has 0 fully saturated rings. The maximum atomic E-state index is 5.03. The van der Waals surface area contributed by atoms with Crippen molar-refractivity contribution in [3.63, 3.8) is 0 Å². The van der Waals surface area contributed by atoms with Gasteiger partial charge in [0.05, 0.1) is 6.04 Å². The van der Waals surface area contributed by atoms with Gasteiger partial charge in [0, 0.05) is 48.2 Å². The predicted molar refractivity (Wildman–Crippen MR) is 107 cm³/mol. The Morgan fingerprint density at radius 3 is 2.64 bits per heavy atom. The molecule has 2 aliphatic rings. The van der Waals surface area contributed by atoms with Gasteiger partial charge in [-0.15, -0.1) is 10.2 Å². The molecule has 7 heteroatoms. The van der Waals surface area contributed by atoms with E-state index in [1.54, 1.807) is 12.4 Å². The van der Waals surface area contributed by atoms with Gasteiger partial charge < -0.3 is 9.47 Å². The minimum atomic E-state index is 0.138. The van der Waals surface area contributed by atoms with E-state index < -0.39 is 0 Å². The van der Waals surface area contributed by atoms with Gasteiger partial charge >= 0.3 is 0 Å². The van der Waals surface area contributed by atoms with E-state index in [0.29, 0.717) is 5.92 Å². The second-order valence-electron chi connectivity index (χ2n) is 7.98. The van der Waals surface area contributed by atoms with Crippen molar-refractivity contribution in [2.24, 2.45) is 0 Å². The van der Waals surface area contributed by atoms with Crippen molar-refractivity contribution in [3.8, 4) is 11.4 Å². The van der Waals surface area contributed by atoms with Crippen LogP contribution in [0.1, 0.15) is 62.1 Å². The first-order chi connectivity index (χ1) is 13.6. The SMILES string of the molecule is CC(C)c1nnc2n1CCN(c1nc(-c3ccncc3)nc3c1CCC3)C2C. The lowest BCUT2D eigenvalue weighted by Gasteiger charge is -2.36. The number of hydrogen-bond donors (Lipinski definition) is 0. The zero-order valence-corrected chi connectivity index (χ0v) is 16.6. The number of pyridine rings is 1. The highest BCUT2D eigenvalue weighted by Crippen LogP contribution is 2.37. The Labute approximate surface area is 164 Å². The molecule has 3 aromatic rings. The lowest BCUT2D eigenvalue weighted by atomic mass is 10.1. The van der Waals surface area contributed by atoms with Crippen molar-refractivity contribution < 1.29 is 0 Å². The van der Waals surface area contributed by atoms with Gasteiger partial charge in [0.1, 0.15) is 11.6 Å². The van der Waals surface area contributed by atoms with Crippen LogP contribution in [-0.2, 0) is 19.4 Å². The Balaban J connectivity index is 1.58. The van der Waals surface area contributed by atoms with Crippen LogP contribution in [0.25, 0.3) is 11.4 Å². The van der Waals surface area contributed by atoms with Crippen molar-refractivity contribution in [1.82, 2.24) is 29.7 Å². The zero-order valence-electron chi connectivity index (χ0n) is 16.6. The summed E-state index contributed by atoms with van der Waals surface area (Å²) in [5.41, 5.74) is 3.52. The van der Waals surface area contributed by atoms with Crippen molar-refractivity contribution in [2.75, 3.05) is 11.4 Å². The number of fused-ring (bicyclic) bond motifs is 2. The number of nitrogens with zero attached hydrogens (tertiary/aromatic N) is 7. The average Bonchev–Trinajstić information content (AvgIpc) is 3.35. The van der Waals surface area contributed by atoms with Gasteiger partial charge in [0.2, 0.25) is 0 Å². The molecule has 1 atom stereocenters. The Morgan fingerprint density at radius 1 is 1.04 bits per heavy atom. The zero-order chi connectivity index (χ0) is 19.3. The molecule has 5 rings (SSSR count). The molecule has 7 nitrogen and oxygen atoms in total. The van der Waals surface area contributed by atoms with E-state index in [1.165, 1.54) is 11.3 Å². The Morgan fingerprint density at radius 2 is 1.86 bits per heavy atom. The van der Waals surface area contributed by atoms with E-state index in [-0.39, 0.29) is 6.04 Å². The standard InChI is InChI=1S/C21H25N7/c1-13(2)19-25-26-20-14(3)27(11-12-28(19)20)21-16-5-4-6-17(16)23-18(24-21)15-7-9-22-10-8-15/h7-10,13-14H,4-6,11-12H2,1-3H3. The quantitative estimate of drug-likeness (QED) is 0.699. The summed E-state index contributed by atoms with van der Waals surface area (Å²) in [4.78, 5) is 16.4. The molecule has 1 aliphatic carbocycles. The number of rotatable bonds is 3. The first kappa shape index (κ1) is 17.3. The minimum Gasteiger partial charge on any atom is -0.344 e. The van der Waals surface area contributed by atoms with Crippen LogP contribution < -0.4 is 4.90 Å². The molecule has 0 spiro atoms. The summed E-state index contributed by atoms with van der Waals surface area (Å²) < 4.78 is 2.29. The first-order valence-electron chi connectivity index (χ1n) is 10.1. The van der Waals surface area contributed by atoms with Gasteiger partial charge in [0.25, 0.3) is 0 Å². The Bertz CT molecular complexity index is 1010. The smallest absolute Gasteiger partial charge is 0.161 e. The summed E-state index contributed by atoms with van der Waals surface area (Å²) in [7, 11) is 0. The van der Waals surface area contributed by atoms with E-state index >= 15 is 0 Å². The third-order valence-corrected chi connectivity index (χ3v) is 5.85. The summed E-state index contributed by atoms with van der Waals surface area (Å²) in [5.74, 6) is 4.35. The molecule has 3 aromatic heterocycles. The Kier molecular flexibility index (Phi) is 4.10. The minimum absolute atomic E-state index is 0.138. The maximum absolute atomic E-state index is 5.03. The second-order valence-corrected chi connectivity index (χ2v) is 7.98. The third-order valence-electron chi connectivity index (χ3n) is 5.85. The fourth-order valence-electron chi connectivity index (χ4n) is 4.40. The first-order valence-corrected chi connectivity index (χ1v) is 10.1. The normalized spacial score (nSPS) is 18.4. The highest BCUT2D eigenvalue weighted by atomic mass is 15.4. The van der Waals surface area contributed by atoms with Gasteiger partial charge in [-0.05, 0) is 38.3 Å². The Hall–Kier alpha value is -2.83. The van der Waals surface area contributed by atoms with Crippen LogP contribution in [0.15, 0.2) is 24.5 Å². The van der Waals surface area contributed by atoms with E-state index in [2.05, 4.69) is 45.4 Å². The largest absolute Gasteiger partial charge is 0.344 e. The van der Waals surface area contributed by atoms with Crippen LogP contribution in [0, 0.1) is 0 Å². The molecule has 0 radical (unpaired) electrons. The number of hydrogen-bond acceptors (Lipinski definition) is 6. The fourth-order valence-corrected chi connectivity index (χ4v) is 4.40. The molecule has 0 N–H and O–H groups in total. The van der Waals surface area contributed by atoms with Crippen LogP contribution in [0.4, 0.5) is 5.82 Å². The molecule has 0 saturated heterocycles. The molecule has 144 valence electrons. The van der Waals surface area contributed by atoms with Crippen LogP contribution in [-0.4, -0.2) is 36.3 Å². The molecule has 1 aliphatic heterocycles. The highest BCUT2D eigenvalue weighted by molar-refractivity contribution is 5.61. The van der Waals surface area contributed by atoms with Crippen LogP contribution >= 0.6 is 0 Å². The topological polar surface area (TPSA) is 72.6 Å². The summed E-state index contributed by atoms with van der Waals surface area (Å²) in [6, 6.07) is 4.09. The summed E-state index contributed by atoms with van der Waals surface area (Å²) in [5, 5.41) is 8.99. The molecule has 0 amide bonds. The summed E-state index contributed by atoms with van der Waals surface area (Å²) in [6.07, 6.45) is 6.82. The van der Waals surface area contributed by atoms with Gasteiger partial charge in [-0.25, -0.2) is 9.97 Å². The molecule has 28 heavy (non-hydrogen) atoms. The lowest BCUT2D eigenvalue weighted by molar-refractivity contribution is 0.476. The van der Waals surface area contributed by atoms with E-state index in [1.807, 2.05) is 12.1 Å². The monoisotopic (exact) mass is 375 g/mol. The predicted octanol–water partition coefficient (Wildman–Crippen LogP) is 3.32. The summed E-state index contributed by atoms with van der Waals surface area (Å²) in [6.45, 7) is 8.35. The van der Waals surface area contributed by atoms with Crippen LogP contribution in [0.5, 0.6) is 0 Å². The molecule has 1 unspecified atom stereocenters. The van der Waals surface area contributed by atoms with E-state index in [0.717, 1.165) is 61.2 Å². The third kappa shape index (κ3) is 2.68. The average molecular weight is 375 g/mol. The van der Waals surface area contributed by atoms with Gasteiger partial charge in [0.15, 0.2) is 11.6 Å². The van der Waals surface area contributed by atoms with E-state index in [9.17, 15) is 0 Å². The van der Waals surface area contributed by atoms with Gasteiger partial charge in [-0.3, -0.25) is 4.98 Å². The molecule has 0 saturated carbocycles. The molecule has 4 heterocycles. The van der Waals surface area contributed by atoms with Crippen molar-refractivity contribution in [2.45, 2.75) is 58.5 Å². The molecular formula is C21H25N7. The van der Waals surface area contributed by atoms with Gasteiger partial charge in [-0.1, -0.05) is 13.8 Å². The highest BCUT2D eigenvalue weighted by Gasteiger charge is 2.33. The van der Waals surface area contributed by atoms with Crippen LogP contribution in [0.3, 0.4) is 0 Å². The second kappa shape index (κ2) is 6.65. The molecular weight excluding hydrogens is 350 g/mol. The number of anilines is 1. The fraction of sp³-hybridized carbons (Fsp3) is 0.476. The molecule has 0 bridgehead atoms.